The number of ether oxygens (including phenoxy) is 2. The molecule has 0 radical (unpaired) electrons. The fourth-order valence-corrected chi connectivity index (χ4v) is 3.89. The Bertz CT molecular complexity index is 1070. The van der Waals surface area contributed by atoms with E-state index < -0.39 is 0 Å². The van der Waals surface area contributed by atoms with E-state index in [1.54, 1.807) is 6.07 Å². The Morgan fingerprint density at radius 3 is 2.97 bits per heavy atom. The van der Waals surface area contributed by atoms with E-state index in [1.807, 2.05) is 19.1 Å². The van der Waals surface area contributed by atoms with E-state index in [-0.39, 0.29) is 11.8 Å². The molecule has 0 bridgehead atoms. The molecule has 29 heavy (non-hydrogen) atoms. The van der Waals surface area contributed by atoms with Crippen molar-refractivity contribution < 1.29 is 18.8 Å². The topological polar surface area (TPSA) is 103 Å². The predicted octanol–water partition coefficient (Wildman–Crippen LogP) is 2.55. The number of anilines is 2. The summed E-state index contributed by atoms with van der Waals surface area (Å²) in [6.45, 7) is 4.32. The van der Waals surface area contributed by atoms with Crippen LogP contribution >= 0.6 is 0 Å². The second kappa shape index (κ2) is 7.23. The summed E-state index contributed by atoms with van der Waals surface area (Å²) in [6.07, 6.45) is 3.19. The average molecular weight is 395 g/mol. The van der Waals surface area contributed by atoms with Crippen LogP contribution in [0.5, 0.6) is 11.5 Å². The number of nitrogens with one attached hydrogen (secondary N) is 1. The van der Waals surface area contributed by atoms with Crippen LogP contribution in [0.3, 0.4) is 0 Å². The lowest BCUT2D eigenvalue weighted by atomic mass is 9.96. The van der Waals surface area contributed by atoms with Gasteiger partial charge in [0.1, 0.15) is 30.7 Å². The number of hydrogen-bond acceptors (Lipinski definition) is 8. The number of aryl methyl sites for hydroxylation is 1. The third-order valence-electron chi connectivity index (χ3n) is 5.32. The van der Waals surface area contributed by atoms with Crippen molar-refractivity contribution in [3.05, 3.63) is 30.2 Å². The third-order valence-corrected chi connectivity index (χ3v) is 5.32. The number of nitrogens with zero attached hydrogens (tertiary/aromatic N) is 4. The summed E-state index contributed by atoms with van der Waals surface area (Å²) >= 11 is 0. The molecule has 5 rings (SSSR count). The van der Waals surface area contributed by atoms with Crippen LogP contribution in [-0.2, 0) is 4.79 Å². The highest BCUT2D eigenvalue weighted by molar-refractivity contribution is 5.94. The minimum absolute atomic E-state index is 0.0151. The van der Waals surface area contributed by atoms with Gasteiger partial charge in [0.2, 0.25) is 5.91 Å². The van der Waals surface area contributed by atoms with Crippen molar-refractivity contribution in [1.82, 2.24) is 15.1 Å². The summed E-state index contributed by atoms with van der Waals surface area (Å²) in [5, 5.41) is 7.81. The van der Waals surface area contributed by atoms with Crippen molar-refractivity contribution in [3.8, 4) is 11.5 Å². The van der Waals surface area contributed by atoms with E-state index >= 15 is 0 Å². The molecule has 9 heteroatoms. The lowest BCUT2D eigenvalue weighted by Crippen LogP contribution is -2.41. The zero-order chi connectivity index (χ0) is 19.8. The molecule has 1 saturated heterocycles. The number of aromatic nitrogens is 3. The number of benzene rings is 1. The largest absolute Gasteiger partial charge is 0.486 e. The van der Waals surface area contributed by atoms with Gasteiger partial charge in [0, 0.05) is 24.8 Å². The first-order valence-corrected chi connectivity index (χ1v) is 9.71. The highest BCUT2D eigenvalue weighted by Crippen LogP contribution is 2.33. The number of hydrogen-bond donors (Lipinski definition) is 1. The molecule has 1 amide bonds. The molecule has 2 aliphatic rings. The van der Waals surface area contributed by atoms with Gasteiger partial charge in [-0.15, -0.1) is 0 Å². The fraction of sp³-hybridized carbons (Fsp3) is 0.400. The van der Waals surface area contributed by atoms with Crippen LogP contribution in [0, 0.1) is 12.8 Å². The van der Waals surface area contributed by atoms with Crippen molar-refractivity contribution in [1.29, 1.82) is 0 Å². The summed E-state index contributed by atoms with van der Waals surface area (Å²) in [5.74, 6) is 1.96. The predicted molar refractivity (Wildman–Crippen MR) is 105 cm³/mol. The van der Waals surface area contributed by atoms with E-state index in [0.717, 1.165) is 36.3 Å². The van der Waals surface area contributed by atoms with Crippen molar-refractivity contribution >= 4 is 28.5 Å². The molecule has 150 valence electrons. The second-order valence-electron chi connectivity index (χ2n) is 7.28. The maximum Gasteiger partial charge on any atom is 0.263 e. The van der Waals surface area contributed by atoms with E-state index in [0.29, 0.717) is 42.7 Å². The fourth-order valence-electron chi connectivity index (χ4n) is 3.89. The van der Waals surface area contributed by atoms with E-state index in [4.69, 9.17) is 14.0 Å². The third kappa shape index (κ3) is 3.32. The summed E-state index contributed by atoms with van der Waals surface area (Å²) in [6, 6.07) is 5.46. The van der Waals surface area contributed by atoms with E-state index in [1.165, 1.54) is 6.33 Å². The monoisotopic (exact) mass is 395 g/mol. The number of amides is 1. The minimum atomic E-state index is -0.151. The van der Waals surface area contributed by atoms with Gasteiger partial charge in [-0.05, 0) is 31.9 Å². The van der Waals surface area contributed by atoms with Crippen LogP contribution in [0.25, 0.3) is 11.1 Å². The highest BCUT2D eigenvalue weighted by atomic mass is 16.6. The van der Waals surface area contributed by atoms with Crippen LogP contribution in [0.4, 0.5) is 11.5 Å². The van der Waals surface area contributed by atoms with Crippen LogP contribution in [0.2, 0.25) is 0 Å². The van der Waals surface area contributed by atoms with Crippen LogP contribution < -0.4 is 19.7 Å². The van der Waals surface area contributed by atoms with Gasteiger partial charge in [-0.2, -0.15) is 4.98 Å². The Hall–Kier alpha value is -3.36. The molecule has 4 heterocycles. The molecule has 1 fully saturated rings. The Morgan fingerprint density at radius 2 is 2.07 bits per heavy atom. The zero-order valence-corrected chi connectivity index (χ0v) is 16.1. The minimum Gasteiger partial charge on any atom is -0.486 e. The number of fused-ring (bicyclic) bond motifs is 2. The van der Waals surface area contributed by atoms with Crippen molar-refractivity contribution in [2.45, 2.75) is 19.8 Å². The molecule has 2 aliphatic heterocycles. The number of carbonyl (C=O) groups is 1. The van der Waals surface area contributed by atoms with E-state index in [2.05, 4.69) is 25.3 Å². The number of rotatable bonds is 3. The molecule has 1 N–H and O–H groups in total. The lowest BCUT2D eigenvalue weighted by Gasteiger charge is -2.33. The quantitative estimate of drug-likeness (QED) is 0.722. The molecule has 1 aromatic carbocycles. The first kappa shape index (κ1) is 17.7. The summed E-state index contributed by atoms with van der Waals surface area (Å²) in [4.78, 5) is 23.6. The van der Waals surface area contributed by atoms with Crippen LogP contribution in [0.15, 0.2) is 29.0 Å². The Labute approximate surface area is 167 Å². The van der Waals surface area contributed by atoms with Gasteiger partial charge in [0.15, 0.2) is 11.5 Å². The smallest absolute Gasteiger partial charge is 0.263 e. The van der Waals surface area contributed by atoms with E-state index in [9.17, 15) is 4.79 Å². The Kier molecular flexibility index (Phi) is 4.42. The van der Waals surface area contributed by atoms with Gasteiger partial charge in [0.05, 0.1) is 11.6 Å². The van der Waals surface area contributed by atoms with Crippen LogP contribution in [0.1, 0.15) is 18.5 Å². The van der Waals surface area contributed by atoms with Gasteiger partial charge >= 0.3 is 0 Å². The van der Waals surface area contributed by atoms with Crippen LogP contribution in [-0.4, -0.2) is 47.3 Å². The summed E-state index contributed by atoms with van der Waals surface area (Å²) in [7, 11) is 0. The highest BCUT2D eigenvalue weighted by Gasteiger charge is 2.29. The van der Waals surface area contributed by atoms with Crippen molar-refractivity contribution in [3.63, 3.8) is 0 Å². The number of piperidine rings is 1. The molecule has 9 nitrogen and oxygen atoms in total. The molecule has 1 unspecified atom stereocenters. The molecule has 1 atom stereocenters. The first-order valence-electron chi connectivity index (χ1n) is 9.71. The lowest BCUT2D eigenvalue weighted by molar-refractivity contribution is -0.120. The zero-order valence-electron chi connectivity index (χ0n) is 16.1. The normalized spacial score (nSPS) is 18.7. The maximum absolute atomic E-state index is 12.9. The molecular formula is C20H21N5O4. The number of carbonyl (C=O) groups excluding carboxylic acids is 1. The maximum atomic E-state index is 12.9. The second-order valence-corrected chi connectivity index (χ2v) is 7.28. The summed E-state index contributed by atoms with van der Waals surface area (Å²) < 4.78 is 16.4. The molecule has 0 aliphatic carbocycles. The molecule has 2 aromatic heterocycles. The van der Waals surface area contributed by atoms with Gasteiger partial charge in [-0.1, -0.05) is 5.16 Å². The first-order chi connectivity index (χ1) is 14.2. The molecule has 0 spiro atoms. The van der Waals surface area contributed by atoms with Gasteiger partial charge in [-0.25, -0.2) is 4.98 Å². The average Bonchev–Trinajstić information content (AvgIpc) is 3.15. The molecular weight excluding hydrogens is 374 g/mol. The van der Waals surface area contributed by atoms with Gasteiger partial charge < -0.3 is 24.2 Å². The molecule has 0 saturated carbocycles. The SMILES string of the molecule is Cc1noc2ncnc(N3CCCC(C(=O)Nc4ccc5c(c4)OCCO5)C3)c12. The van der Waals surface area contributed by atoms with Crippen molar-refractivity contribution in [2.24, 2.45) is 5.92 Å². The van der Waals surface area contributed by atoms with Gasteiger partial charge in [0.25, 0.3) is 5.71 Å². The Morgan fingerprint density at radius 1 is 1.21 bits per heavy atom. The van der Waals surface area contributed by atoms with Gasteiger partial charge in [-0.3, -0.25) is 4.79 Å². The molecule has 3 aromatic rings. The Balaban J connectivity index is 1.33. The van der Waals surface area contributed by atoms with Crippen molar-refractivity contribution in [2.75, 3.05) is 36.5 Å². The summed E-state index contributed by atoms with van der Waals surface area (Å²) in [5.41, 5.74) is 1.92. The standard InChI is InChI=1S/C20H21N5O4/c1-12-17-18(21-11-22-20(17)29-24-12)25-6-2-3-13(10-25)19(26)23-14-4-5-15-16(9-14)28-8-7-27-15/h4-5,9,11,13H,2-3,6-8,10H2,1H3,(H,23,26).